The van der Waals surface area contributed by atoms with Crippen LogP contribution >= 0.6 is 11.6 Å². The molecule has 3 saturated carbocycles. The topological polar surface area (TPSA) is 98.0 Å². The van der Waals surface area contributed by atoms with Gasteiger partial charge in [-0.3, -0.25) is 19.9 Å². The Hall–Kier alpha value is -3.01. The summed E-state index contributed by atoms with van der Waals surface area (Å²) in [5.74, 6) is -0.943. The summed E-state index contributed by atoms with van der Waals surface area (Å²) in [5.41, 5.74) is -1.75. The summed E-state index contributed by atoms with van der Waals surface area (Å²) in [6.07, 6.45) is -1.05. The smallest absolute Gasteiger partial charge is 0.422 e. The number of carbonyl (C=O) groups excluding carboxylic acids is 2. The summed E-state index contributed by atoms with van der Waals surface area (Å²) >= 11 is 5.90. The van der Waals surface area contributed by atoms with E-state index in [1.165, 1.54) is 6.20 Å². The van der Waals surface area contributed by atoms with E-state index in [-0.39, 0.29) is 5.56 Å². The third-order valence-corrected chi connectivity index (χ3v) is 5.93. The van der Waals surface area contributed by atoms with Gasteiger partial charge in [0.15, 0.2) is 0 Å². The number of halogens is 4. The summed E-state index contributed by atoms with van der Waals surface area (Å²) in [4.78, 5) is 36.5. The van der Waals surface area contributed by atoms with Gasteiger partial charge >= 0.3 is 6.18 Å². The minimum Gasteiger partial charge on any atom is -0.422 e. The number of amides is 2. The number of aromatic nitrogens is 3. The maximum absolute atomic E-state index is 12.8. The van der Waals surface area contributed by atoms with Crippen molar-refractivity contribution in [3.8, 4) is 0 Å². The van der Waals surface area contributed by atoms with Crippen molar-refractivity contribution in [3.05, 3.63) is 52.8 Å². The van der Waals surface area contributed by atoms with Gasteiger partial charge in [-0.2, -0.15) is 13.2 Å². The van der Waals surface area contributed by atoms with E-state index in [1.54, 1.807) is 6.07 Å². The molecule has 2 amide bonds. The second-order valence-electron chi connectivity index (χ2n) is 7.80. The molecule has 2 bridgehead atoms. The van der Waals surface area contributed by atoms with Gasteiger partial charge in [0.2, 0.25) is 17.5 Å². The Morgan fingerprint density at radius 1 is 1.17 bits per heavy atom. The molecular formula is C19H12ClF3N4O3. The lowest BCUT2D eigenvalue weighted by molar-refractivity contribution is -0.179. The highest BCUT2D eigenvalue weighted by Crippen LogP contribution is 2.73. The molecule has 3 fully saturated rings. The Morgan fingerprint density at radius 2 is 1.90 bits per heavy atom. The maximum atomic E-state index is 12.8. The fourth-order valence-corrected chi connectivity index (χ4v) is 4.47. The summed E-state index contributed by atoms with van der Waals surface area (Å²) < 4.78 is 44.0. The van der Waals surface area contributed by atoms with Crippen LogP contribution in [0.25, 0.3) is 11.2 Å². The standard InChI is InChI=1S/C19H12ClF3N4O3/c20-10-4-11-14(25-5-10)30-16(26-11)18-6-17(7-18,8-18)15(29)27-13(28)9-1-2-24-12(3-9)19(21,22)23/h1-5H,6-8H2,(H,27,28,29). The van der Waals surface area contributed by atoms with Crippen molar-refractivity contribution < 1.29 is 27.2 Å². The van der Waals surface area contributed by atoms with Crippen molar-refractivity contribution in [2.75, 3.05) is 0 Å². The average molecular weight is 437 g/mol. The van der Waals surface area contributed by atoms with Crippen molar-refractivity contribution in [2.24, 2.45) is 5.41 Å². The van der Waals surface area contributed by atoms with Gasteiger partial charge in [0.05, 0.1) is 15.9 Å². The molecule has 6 rings (SSSR count). The number of fused-ring (bicyclic) bond motifs is 1. The molecule has 0 atom stereocenters. The monoisotopic (exact) mass is 436 g/mol. The van der Waals surface area contributed by atoms with Crippen molar-refractivity contribution in [1.82, 2.24) is 20.3 Å². The number of pyridine rings is 2. The molecule has 1 N–H and O–H groups in total. The first kappa shape index (κ1) is 19.0. The lowest BCUT2D eigenvalue weighted by Gasteiger charge is -2.67. The normalized spacial score (nSPS) is 24.8. The zero-order chi connectivity index (χ0) is 21.3. The molecule has 0 radical (unpaired) electrons. The third-order valence-electron chi connectivity index (χ3n) is 5.72. The van der Waals surface area contributed by atoms with Gasteiger partial charge in [0.1, 0.15) is 11.2 Å². The fourth-order valence-electron chi connectivity index (χ4n) is 4.32. The molecule has 0 aliphatic heterocycles. The van der Waals surface area contributed by atoms with E-state index in [4.69, 9.17) is 16.0 Å². The minimum absolute atomic E-state index is 0.283. The number of rotatable bonds is 3. The quantitative estimate of drug-likeness (QED) is 0.629. The van der Waals surface area contributed by atoms with Gasteiger partial charge in [0.25, 0.3) is 5.91 Å². The van der Waals surface area contributed by atoms with E-state index in [0.29, 0.717) is 47.5 Å². The molecule has 0 saturated heterocycles. The number of hydrogen-bond donors (Lipinski definition) is 1. The number of imide groups is 1. The van der Waals surface area contributed by atoms with Gasteiger partial charge in [-0.15, -0.1) is 0 Å². The van der Waals surface area contributed by atoms with Gasteiger partial charge in [-0.25, -0.2) is 9.97 Å². The highest BCUT2D eigenvalue weighted by atomic mass is 35.5. The Bertz CT molecular complexity index is 1200. The summed E-state index contributed by atoms with van der Waals surface area (Å²) in [7, 11) is 0. The molecule has 3 aliphatic rings. The molecular weight excluding hydrogens is 425 g/mol. The van der Waals surface area contributed by atoms with Crippen LogP contribution in [0.4, 0.5) is 13.2 Å². The Kier molecular flexibility index (Phi) is 3.80. The zero-order valence-electron chi connectivity index (χ0n) is 15.1. The minimum atomic E-state index is -4.68. The first-order chi connectivity index (χ1) is 14.1. The van der Waals surface area contributed by atoms with Crippen LogP contribution in [0.5, 0.6) is 0 Å². The van der Waals surface area contributed by atoms with E-state index in [0.717, 1.165) is 12.3 Å². The van der Waals surface area contributed by atoms with E-state index in [9.17, 15) is 22.8 Å². The van der Waals surface area contributed by atoms with Gasteiger partial charge < -0.3 is 4.42 Å². The molecule has 3 aromatic heterocycles. The molecule has 11 heteroatoms. The average Bonchev–Trinajstić information content (AvgIpc) is 3.01. The lowest BCUT2D eigenvalue weighted by atomic mass is 9.34. The maximum Gasteiger partial charge on any atom is 0.433 e. The number of alkyl halides is 3. The molecule has 7 nitrogen and oxygen atoms in total. The van der Waals surface area contributed by atoms with Crippen LogP contribution in [0.15, 0.2) is 35.0 Å². The largest absolute Gasteiger partial charge is 0.433 e. The molecule has 3 aliphatic carbocycles. The zero-order valence-corrected chi connectivity index (χ0v) is 15.8. The predicted molar refractivity (Wildman–Crippen MR) is 96.5 cm³/mol. The Morgan fingerprint density at radius 3 is 2.60 bits per heavy atom. The van der Waals surface area contributed by atoms with Gasteiger partial charge in [0, 0.05) is 18.0 Å². The second-order valence-corrected chi connectivity index (χ2v) is 8.24. The highest BCUT2D eigenvalue weighted by molar-refractivity contribution is 6.30. The number of carbonyl (C=O) groups is 2. The van der Waals surface area contributed by atoms with Gasteiger partial charge in [-0.05, 0) is 37.5 Å². The van der Waals surface area contributed by atoms with Crippen LogP contribution in [-0.4, -0.2) is 26.8 Å². The first-order valence-corrected chi connectivity index (χ1v) is 9.30. The molecule has 0 unspecified atom stereocenters. The van der Waals surface area contributed by atoms with Crippen LogP contribution in [-0.2, 0) is 16.4 Å². The number of nitrogens with zero attached hydrogens (tertiary/aromatic N) is 3. The Labute approximate surface area is 171 Å². The molecule has 3 aromatic rings. The third kappa shape index (κ3) is 2.78. The van der Waals surface area contributed by atoms with E-state index in [2.05, 4.69) is 20.3 Å². The first-order valence-electron chi connectivity index (χ1n) is 8.92. The van der Waals surface area contributed by atoms with Crippen LogP contribution < -0.4 is 5.32 Å². The van der Waals surface area contributed by atoms with E-state index in [1.807, 2.05) is 0 Å². The Balaban J connectivity index is 1.27. The van der Waals surface area contributed by atoms with Crippen LogP contribution in [0.3, 0.4) is 0 Å². The molecule has 0 aromatic carbocycles. The molecule has 154 valence electrons. The van der Waals surface area contributed by atoms with Crippen LogP contribution in [0.1, 0.15) is 41.2 Å². The number of nitrogens with one attached hydrogen (secondary N) is 1. The fraction of sp³-hybridized carbons (Fsp3) is 0.316. The summed E-state index contributed by atoms with van der Waals surface area (Å²) in [6.45, 7) is 0. The van der Waals surface area contributed by atoms with Crippen molar-refractivity contribution in [2.45, 2.75) is 30.9 Å². The van der Waals surface area contributed by atoms with Crippen molar-refractivity contribution >= 4 is 34.6 Å². The second kappa shape index (κ2) is 6.00. The SMILES string of the molecule is O=C(NC(=O)C12CC(c3nc4cc(Cl)cnc4o3)(C1)C2)c1ccnc(C(F)(F)F)c1. The highest BCUT2D eigenvalue weighted by Gasteiger charge is 2.74. The van der Waals surface area contributed by atoms with Crippen molar-refractivity contribution in [1.29, 1.82) is 0 Å². The van der Waals surface area contributed by atoms with Crippen LogP contribution in [0.2, 0.25) is 5.02 Å². The van der Waals surface area contributed by atoms with E-state index >= 15 is 0 Å². The predicted octanol–water partition coefficient (Wildman–Crippen LogP) is 3.67. The van der Waals surface area contributed by atoms with Crippen LogP contribution in [0, 0.1) is 5.41 Å². The summed E-state index contributed by atoms with van der Waals surface area (Å²) in [5, 5.41) is 2.63. The number of hydrogen-bond acceptors (Lipinski definition) is 6. The van der Waals surface area contributed by atoms with Gasteiger partial charge in [-0.1, -0.05) is 11.6 Å². The summed E-state index contributed by atoms with van der Waals surface area (Å²) in [6, 6.07) is 3.37. The molecule has 0 spiro atoms. The lowest BCUT2D eigenvalue weighted by Crippen LogP contribution is -2.70. The van der Waals surface area contributed by atoms with Crippen molar-refractivity contribution in [3.63, 3.8) is 0 Å². The molecule has 3 heterocycles. The number of oxazole rings is 1. The molecule has 30 heavy (non-hydrogen) atoms. The van der Waals surface area contributed by atoms with E-state index < -0.39 is 34.5 Å².